The second-order valence-corrected chi connectivity index (χ2v) is 7.72. The number of hydrogen-bond donors (Lipinski definition) is 0. The summed E-state index contributed by atoms with van der Waals surface area (Å²) in [6.07, 6.45) is 1.47. The van der Waals surface area contributed by atoms with Gasteiger partial charge in [0.15, 0.2) is 17.2 Å². The zero-order valence-corrected chi connectivity index (χ0v) is 19.6. The number of carbonyl (C=O) groups is 2. The van der Waals surface area contributed by atoms with Crippen LogP contribution >= 0.6 is 11.6 Å². The van der Waals surface area contributed by atoms with E-state index >= 15 is 0 Å². The third kappa shape index (κ3) is 5.18. The number of hydrogen-bond acceptors (Lipinski definition) is 9. The number of benzene rings is 3. The molecule has 11 heteroatoms. The summed E-state index contributed by atoms with van der Waals surface area (Å²) in [5.41, 5.74) is 0.719. The van der Waals surface area contributed by atoms with E-state index in [9.17, 15) is 19.7 Å². The molecule has 3 aromatic carbocycles. The summed E-state index contributed by atoms with van der Waals surface area (Å²) in [7, 11) is 2.85. The Kier molecular flexibility index (Phi) is 6.98. The molecule has 36 heavy (non-hydrogen) atoms. The lowest BCUT2D eigenvalue weighted by molar-refractivity contribution is -0.384. The van der Waals surface area contributed by atoms with Gasteiger partial charge >= 0.3 is 11.9 Å². The summed E-state index contributed by atoms with van der Waals surface area (Å²) in [5, 5.41) is 11.4. The smallest absolute Gasteiger partial charge is 0.363 e. The first-order valence-corrected chi connectivity index (χ1v) is 10.7. The first-order valence-electron chi connectivity index (χ1n) is 10.3. The number of nitro groups is 1. The first-order chi connectivity index (χ1) is 17.3. The van der Waals surface area contributed by atoms with Crippen LogP contribution in [0.3, 0.4) is 0 Å². The molecule has 0 saturated carbocycles. The van der Waals surface area contributed by atoms with E-state index in [0.717, 1.165) is 6.07 Å². The van der Waals surface area contributed by atoms with E-state index in [2.05, 4.69) is 4.99 Å². The fourth-order valence-electron chi connectivity index (χ4n) is 3.29. The molecule has 0 radical (unpaired) electrons. The monoisotopic (exact) mass is 508 g/mol. The van der Waals surface area contributed by atoms with Crippen molar-refractivity contribution in [2.75, 3.05) is 14.2 Å². The van der Waals surface area contributed by atoms with Gasteiger partial charge in [0.2, 0.25) is 5.90 Å². The van der Waals surface area contributed by atoms with Crippen molar-refractivity contribution in [3.63, 3.8) is 0 Å². The van der Waals surface area contributed by atoms with Crippen molar-refractivity contribution in [3.05, 3.63) is 98.2 Å². The Morgan fingerprint density at radius 3 is 2.50 bits per heavy atom. The van der Waals surface area contributed by atoms with Gasteiger partial charge in [0, 0.05) is 17.2 Å². The van der Waals surface area contributed by atoms with E-state index in [1.165, 1.54) is 50.6 Å². The van der Waals surface area contributed by atoms with Crippen LogP contribution in [0.1, 0.15) is 21.5 Å². The van der Waals surface area contributed by atoms with Gasteiger partial charge in [0.05, 0.1) is 30.3 Å². The Morgan fingerprint density at radius 2 is 1.78 bits per heavy atom. The molecule has 1 aliphatic rings. The highest BCUT2D eigenvalue weighted by molar-refractivity contribution is 6.31. The predicted molar refractivity (Wildman–Crippen MR) is 130 cm³/mol. The Bertz CT molecular complexity index is 1450. The van der Waals surface area contributed by atoms with Crippen LogP contribution < -0.4 is 14.2 Å². The number of nitro benzene ring substituents is 1. The van der Waals surface area contributed by atoms with Gasteiger partial charge in [-0.05, 0) is 48.0 Å². The van der Waals surface area contributed by atoms with Gasteiger partial charge in [-0.3, -0.25) is 10.1 Å². The highest BCUT2D eigenvalue weighted by Gasteiger charge is 2.27. The number of halogens is 1. The molecule has 0 spiro atoms. The predicted octanol–water partition coefficient (Wildman–Crippen LogP) is 4.83. The van der Waals surface area contributed by atoms with Gasteiger partial charge in [-0.15, -0.1) is 0 Å². The second-order valence-electron chi connectivity index (χ2n) is 7.29. The molecular weight excluding hydrogens is 492 g/mol. The molecule has 3 aromatic rings. The zero-order valence-electron chi connectivity index (χ0n) is 18.9. The molecule has 10 nitrogen and oxygen atoms in total. The highest BCUT2D eigenvalue weighted by atomic mass is 35.5. The Morgan fingerprint density at radius 1 is 1.03 bits per heavy atom. The average Bonchev–Trinajstić information content (AvgIpc) is 3.24. The number of aliphatic imine (C=N–C) groups is 1. The maximum atomic E-state index is 12.5. The minimum atomic E-state index is -0.799. The van der Waals surface area contributed by atoms with Crippen LogP contribution in [0.4, 0.5) is 5.69 Å². The molecule has 0 unspecified atom stereocenters. The molecule has 1 heterocycles. The van der Waals surface area contributed by atoms with Crippen molar-refractivity contribution in [2.45, 2.75) is 0 Å². The maximum Gasteiger partial charge on any atom is 0.363 e. The number of nitrogens with zero attached hydrogens (tertiary/aromatic N) is 2. The van der Waals surface area contributed by atoms with Crippen molar-refractivity contribution in [2.24, 2.45) is 4.99 Å². The molecule has 0 saturated heterocycles. The van der Waals surface area contributed by atoms with Crippen LogP contribution in [-0.4, -0.2) is 37.0 Å². The van der Waals surface area contributed by atoms with Gasteiger partial charge in [-0.2, -0.15) is 0 Å². The molecule has 0 fully saturated rings. The van der Waals surface area contributed by atoms with Gasteiger partial charge in [0.25, 0.3) is 5.69 Å². The SMILES string of the molecule is COc1cc(/C=C2\N=C(c3cc(Cl)ccc3OC)OC2=O)ccc1OC(=O)c1cccc([N+](=O)[O-])c1. The van der Waals surface area contributed by atoms with Crippen LogP contribution in [0, 0.1) is 10.1 Å². The number of non-ortho nitro benzene ring substituents is 1. The number of cyclic esters (lactones) is 1. The molecule has 0 bridgehead atoms. The van der Waals surface area contributed by atoms with Crippen molar-refractivity contribution in [3.8, 4) is 17.2 Å². The van der Waals surface area contributed by atoms with E-state index in [1.807, 2.05) is 0 Å². The molecule has 0 N–H and O–H groups in total. The van der Waals surface area contributed by atoms with Crippen LogP contribution in [0.15, 0.2) is 71.4 Å². The summed E-state index contributed by atoms with van der Waals surface area (Å²) in [4.78, 5) is 39.5. The summed E-state index contributed by atoms with van der Waals surface area (Å²) in [6, 6.07) is 14.6. The third-order valence-corrected chi connectivity index (χ3v) is 5.23. The average molecular weight is 509 g/mol. The first kappa shape index (κ1) is 24.4. The standard InChI is InChI=1S/C25H17ClN2O8/c1-33-20-9-7-16(26)13-18(20)23-27-19(25(30)36-23)10-14-6-8-21(22(11-14)34-2)35-24(29)15-4-3-5-17(12-15)28(31)32/h3-13H,1-2H3/b19-10-. The van der Waals surface area contributed by atoms with Crippen molar-refractivity contribution >= 4 is 41.2 Å². The van der Waals surface area contributed by atoms with E-state index in [-0.39, 0.29) is 34.3 Å². The summed E-state index contributed by atoms with van der Waals surface area (Å²) in [6.45, 7) is 0. The molecule has 0 aliphatic carbocycles. The van der Waals surface area contributed by atoms with Gasteiger partial charge in [-0.25, -0.2) is 14.6 Å². The minimum Gasteiger partial charge on any atom is -0.496 e. The molecule has 0 amide bonds. The summed E-state index contributed by atoms with van der Waals surface area (Å²) < 4.78 is 21.3. The number of ether oxygens (including phenoxy) is 4. The van der Waals surface area contributed by atoms with Crippen molar-refractivity contribution in [1.29, 1.82) is 0 Å². The summed E-state index contributed by atoms with van der Waals surface area (Å²) >= 11 is 6.05. The fraction of sp³-hybridized carbons (Fsp3) is 0.0800. The molecule has 0 atom stereocenters. The van der Waals surface area contributed by atoms with E-state index in [1.54, 1.807) is 24.3 Å². The molecule has 1 aliphatic heterocycles. The Labute approximate surface area is 209 Å². The number of rotatable bonds is 7. The number of esters is 2. The lowest BCUT2D eigenvalue weighted by Gasteiger charge is -2.10. The lowest BCUT2D eigenvalue weighted by atomic mass is 10.1. The van der Waals surface area contributed by atoms with E-state index in [0.29, 0.717) is 21.9 Å². The third-order valence-electron chi connectivity index (χ3n) is 5.00. The summed E-state index contributed by atoms with van der Waals surface area (Å²) in [5.74, 6) is -0.726. The number of methoxy groups -OCH3 is 2. The van der Waals surface area contributed by atoms with Crippen LogP contribution in [-0.2, 0) is 9.53 Å². The molecule has 0 aromatic heterocycles. The number of carbonyl (C=O) groups excluding carboxylic acids is 2. The Hall–Kier alpha value is -4.70. The molecule has 182 valence electrons. The topological polar surface area (TPSA) is 127 Å². The highest BCUT2D eigenvalue weighted by Crippen LogP contribution is 2.32. The zero-order chi connectivity index (χ0) is 25.8. The Balaban J connectivity index is 1.59. The van der Waals surface area contributed by atoms with Crippen molar-refractivity contribution < 1.29 is 33.5 Å². The van der Waals surface area contributed by atoms with Gasteiger partial charge in [0.1, 0.15) is 5.75 Å². The fourth-order valence-corrected chi connectivity index (χ4v) is 3.47. The van der Waals surface area contributed by atoms with Crippen molar-refractivity contribution in [1.82, 2.24) is 0 Å². The van der Waals surface area contributed by atoms with Crippen LogP contribution in [0.2, 0.25) is 5.02 Å². The molecule has 4 rings (SSSR count). The van der Waals surface area contributed by atoms with E-state index < -0.39 is 16.9 Å². The molecular formula is C25H17ClN2O8. The quantitative estimate of drug-likeness (QED) is 0.146. The normalized spacial score (nSPS) is 13.7. The largest absolute Gasteiger partial charge is 0.496 e. The van der Waals surface area contributed by atoms with Gasteiger partial charge in [-0.1, -0.05) is 23.7 Å². The van der Waals surface area contributed by atoms with Crippen LogP contribution in [0.25, 0.3) is 6.08 Å². The minimum absolute atomic E-state index is 0.00413. The lowest BCUT2D eigenvalue weighted by Crippen LogP contribution is -2.09. The van der Waals surface area contributed by atoms with Gasteiger partial charge < -0.3 is 18.9 Å². The van der Waals surface area contributed by atoms with Crippen LogP contribution in [0.5, 0.6) is 17.2 Å². The maximum absolute atomic E-state index is 12.5. The second kappa shape index (κ2) is 10.3. The van der Waals surface area contributed by atoms with E-state index in [4.69, 9.17) is 30.5 Å².